The Hall–Kier alpha value is -1.46. The normalized spacial score (nSPS) is 19.6. The molecule has 116 valence electrons. The quantitative estimate of drug-likeness (QED) is 0.899. The maximum atomic E-state index is 10.5. The number of hydrogen-bond donors (Lipinski definition) is 1. The van der Waals surface area contributed by atoms with Gasteiger partial charge in [0.1, 0.15) is 5.75 Å². The molecule has 0 radical (unpaired) electrons. The summed E-state index contributed by atoms with van der Waals surface area (Å²) in [6.07, 6.45) is 0. The molecule has 0 amide bonds. The molecular weight excluding hydrogens is 264 g/mol. The summed E-state index contributed by atoms with van der Waals surface area (Å²) < 4.78 is 0. The Balaban J connectivity index is 2.19. The molecule has 0 aromatic heterocycles. The van der Waals surface area contributed by atoms with Crippen LogP contribution in [0.25, 0.3) is 0 Å². The molecule has 1 aromatic carbocycles. The number of phenolic OH excluding ortho intramolecular Hbond substituents is 1. The Morgan fingerprint density at radius 3 is 2.14 bits per heavy atom. The van der Waals surface area contributed by atoms with Crippen LogP contribution >= 0.6 is 0 Å². The van der Waals surface area contributed by atoms with E-state index in [-0.39, 0.29) is 0 Å². The van der Waals surface area contributed by atoms with Gasteiger partial charge in [-0.15, -0.1) is 0 Å². The average molecular weight is 290 g/mol. The van der Waals surface area contributed by atoms with Crippen LogP contribution in [0.1, 0.15) is 25.0 Å². The molecule has 0 saturated carbocycles. The van der Waals surface area contributed by atoms with Crippen LogP contribution < -0.4 is 9.80 Å². The van der Waals surface area contributed by atoms with Crippen molar-refractivity contribution in [2.75, 3.05) is 50.3 Å². The molecule has 21 heavy (non-hydrogen) atoms. The summed E-state index contributed by atoms with van der Waals surface area (Å²) in [4.78, 5) is 9.30. The monoisotopic (exact) mass is 290 g/mol. The van der Waals surface area contributed by atoms with Gasteiger partial charge in [0, 0.05) is 37.4 Å². The fourth-order valence-electron chi connectivity index (χ4n) is 3.68. The first-order valence-electron chi connectivity index (χ1n) is 7.79. The maximum absolute atomic E-state index is 10.5. The van der Waals surface area contributed by atoms with Crippen LogP contribution in [0.4, 0.5) is 11.4 Å². The van der Waals surface area contributed by atoms with E-state index in [9.17, 15) is 5.11 Å². The largest absolute Gasteiger partial charge is 0.506 e. The van der Waals surface area contributed by atoms with E-state index in [0.29, 0.717) is 5.75 Å². The molecule has 2 aliphatic heterocycles. The maximum Gasteiger partial charge on any atom is 0.139 e. The highest BCUT2D eigenvalue weighted by Gasteiger charge is 2.31. The fourth-order valence-corrected chi connectivity index (χ4v) is 3.68. The Kier molecular flexibility index (Phi) is 3.71. The summed E-state index contributed by atoms with van der Waals surface area (Å²) in [7, 11) is 4.28. The third-order valence-electron chi connectivity index (χ3n) is 4.52. The standard InChI is InChI=1S/C16H26N4O/c1-5-19-10-17(3)8-12-7-14(21)16-13(15(12)19)9-18(4)11-20(16)6-2/h7,21H,5-6,8-11H2,1-4H3. The minimum absolute atomic E-state index is 0.435. The van der Waals surface area contributed by atoms with Crippen molar-refractivity contribution >= 4 is 11.4 Å². The predicted octanol–water partition coefficient (Wildman–Crippen LogP) is 1.85. The molecule has 5 heteroatoms. The van der Waals surface area contributed by atoms with Crippen molar-refractivity contribution in [1.29, 1.82) is 0 Å². The summed E-state index contributed by atoms with van der Waals surface area (Å²) >= 11 is 0. The van der Waals surface area contributed by atoms with Gasteiger partial charge < -0.3 is 14.9 Å². The van der Waals surface area contributed by atoms with Crippen molar-refractivity contribution in [3.8, 4) is 5.75 Å². The van der Waals surface area contributed by atoms with Gasteiger partial charge in [0.05, 0.1) is 19.0 Å². The second kappa shape index (κ2) is 5.39. The Bertz CT molecular complexity index is 546. The summed E-state index contributed by atoms with van der Waals surface area (Å²) in [6.45, 7) is 9.89. The van der Waals surface area contributed by atoms with Gasteiger partial charge in [0.2, 0.25) is 0 Å². The lowest BCUT2D eigenvalue weighted by Crippen LogP contribution is -2.44. The van der Waals surface area contributed by atoms with Gasteiger partial charge in [-0.05, 0) is 39.6 Å². The van der Waals surface area contributed by atoms with Crippen LogP contribution in [0.3, 0.4) is 0 Å². The zero-order valence-electron chi connectivity index (χ0n) is 13.6. The number of aromatic hydroxyl groups is 1. The molecule has 0 spiro atoms. The van der Waals surface area contributed by atoms with Gasteiger partial charge in [-0.2, -0.15) is 0 Å². The lowest BCUT2D eigenvalue weighted by Gasteiger charge is -2.43. The van der Waals surface area contributed by atoms with E-state index in [2.05, 4.69) is 47.5 Å². The second-order valence-electron chi connectivity index (χ2n) is 6.25. The van der Waals surface area contributed by atoms with Gasteiger partial charge >= 0.3 is 0 Å². The van der Waals surface area contributed by atoms with E-state index in [0.717, 1.165) is 45.2 Å². The molecule has 2 heterocycles. The first-order chi connectivity index (χ1) is 10.0. The molecule has 3 rings (SSSR count). The van der Waals surface area contributed by atoms with Gasteiger partial charge in [0.25, 0.3) is 0 Å². The van der Waals surface area contributed by atoms with Crippen molar-refractivity contribution in [3.63, 3.8) is 0 Å². The topological polar surface area (TPSA) is 33.2 Å². The van der Waals surface area contributed by atoms with Crippen LogP contribution in [0.15, 0.2) is 6.07 Å². The molecule has 1 aromatic rings. The summed E-state index contributed by atoms with van der Waals surface area (Å²) in [5.41, 5.74) is 4.91. The minimum Gasteiger partial charge on any atom is -0.506 e. The number of hydrogen-bond acceptors (Lipinski definition) is 5. The molecule has 0 bridgehead atoms. The van der Waals surface area contributed by atoms with E-state index in [4.69, 9.17) is 0 Å². The van der Waals surface area contributed by atoms with E-state index in [1.807, 2.05) is 6.07 Å². The Labute approximate surface area is 127 Å². The number of rotatable bonds is 2. The summed E-state index contributed by atoms with van der Waals surface area (Å²) in [5.74, 6) is 0.435. The highest BCUT2D eigenvalue weighted by atomic mass is 16.3. The van der Waals surface area contributed by atoms with Crippen LogP contribution in [0, 0.1) is 0 Å². The average Bonchev–Trinajstić information content (AvgIpc) is 2.44. The van der Waals surface area contributed by atoms with Gasteiger partial charge in [-0.1, -0.05) is 0 Å². The lowest BCUT2D eigenvalue weighted by molar-refractivity contribution is 0.293. The number of phenols is 1. The molecule has 0 aliphatic carbocycles. The highest BCUT2D eigenvalue weighted by molar-refractivity contribution is 5.78. The molecule has 0 atom stereocenters. The molecule has 5 nitrogen and oxygen atoms in total. The fraction of sp³-hybridized carbons (Fsp3) is 0.625. The molecule has 0 saturated heterocycles. The number of fused-ring (bicyclic) bond motifs is 3. The first-order valence-corrected chi connectivity index (χ1v) is 7.79. The number of anilines is 2. The zero-order valence-corrected chi connectivity index (χ0v) is 13.6. The zero-order chi connectivity index (χ0) is 15.1. The highest BCUT2D eigenvalue weighted by Crippen LogP contribution is 2.44. The van der Waals surface area contributed by atoms with E-state index in [1.54, 1.807) is 0 Å². The second-order valence-corrected chi connectivity index (χ2v) is 6.25. The van der Waals surface area contributed by atoms with Gasteiger partial charge in [0.15, 0.2) is 0 Å². The molecule has 0 fully saturated rings. The smallest absolute Gasteiger partial charge is 0.139 e. The lowest BCUT2D eigenvalue weighted by atomic mass is 9.98. The molecule has 1 N–H and O–H groups in total. The van der Waals surface area contributed by atoms with E-state index in [1.165, 1.54) is 16.8 Å². The van der Waals surface area contributed by atoms with Crippen molar-refractivity contribution in [2.45, 2.75) is 26.9 Å². The third-order valence-corrected chi connectivity index (χ3v) is 4.52. The van der Waals surface area contributed by atoms with Crippen LogP contribution in [0.2, 0.25) is 0 Å². The van der Waals surface area contributed by atoms with Crippen molar-refractivity contribution in [3.05, 3.63) is 17.2 Å². The minimum atomic E-state index is 0.435. The Morgan fingerprint density at radius 1 is 0.952 bits per heavy atom. The molecule has 2 aliphatic rings. The Morgan fingerprint density at radius 2 is 1.52 bits per heavy atom. The van der Waals surface area contributed by atoms with E-state index < -0.39 is 0 Å². The van der Waals surface area contributed by atoms with Crippen molar-refractivity contribution in [1.82, 2.24) is 9.80 Å². The molecular formula is C16H26N4O. The summed E-state index contributed by atoms with van der Waals surface area (Å²) in [5, 5.41) is 10.5. The van der Waals surface area contributed by atoms with Crippen molar-refractivity contribution in [2.24, 2.45) is 0 Å². The number of nitrogens with zero attached hydrogens (tertiary/aromatic N) is 4. The van der Waals surface area contributed by atoms with E-state index >= 15 is 0 Å². The van der Waals surface area contributed by atoms with Crippen molar-refractivity contribution < 1.29 is 5.11 Å². The van der Waals surface area contributed by atoms with Gasteiger partial charge in [-0.25, -0.2) is 0 Å². The third kappa shape index (κ3) is 2.34. The first kappa shape index (κ1) is 14.5. The number of benzene rings is 1. The van der Waals surface area contributed by atoms with Crippen LogP contribution in [0.5, 0.6) is 5.75 Å². The predicted molar refractivity (Wildman–Crippen MR) is 86.8 cm³/mol. The van der Waals surface area contributed by atoms with Gasteiger partial charge in [-0.3, -0.25) is 9.80 Å². The SMILES string of the molecule is CCN1CN(C)Cc2c1c(O)cc1c2N(CC)CN(C)C1. The van der Waals surface area contributed by atoms with Crippen LogP contribution in [-0.2, 0) is 13.1 Å². The molecule has 0 unspecified atom stereocenters. The van der Waals surface area contributed by atoms with Crippen LogP contribution in [-0.4, -0.2) is 55.4 Å². The summed E-state index contributed by atoms with van der Waals surface area (Å²) in [6, 6.07) is 1.97.